The maximum Gasteiger partial charge on any atom is 0.291 e. The minimum Gasteiger partial charge on any atom is -0.337 e. The minimum absolute atomic E-state index is 0. The van der Waals surface area contributed by atoms with E-state index in [-0.39, 0.29) is 19.2 Å². The first kappa shape index (κ1) is 21.8. The largest absolute Gasteiger partial charge is 0.337 e. The Labute approximate surface area is 190 Å². The molecule has 2 aliphatic heterocycles. The van der Waals surface area contributed by atoms with Crippen LogP contribution in [0, 0.1) is 0 Å². The number of carbonyl (C=O) groups excluding carboxylic acids is 2. The Morgan fingerprint density at radius 2 is 2.09 bits per heavy atom. The molecule has 0 saturated heterocycles. The maximum absolute atomic E-state index is 13.0. The number of carbonyl (C=O) groups is 2. The van der Waals surface area contributed by atoms with Crippen LogP contribution in [-0.4, -0.2) is 52.1 Å². The standard InChI is InChI=1S/C22H20N6O2S.CH4/c1-28-17-8-14-10-23-11-15(14)9-18(17)31-12-16(22(28)30)24-21(29)20-25-19(26-27-20)7-13-5-3-2-4-6-13;/h2-6,8-10,16H,7,11-12H2,1H3,(H,24,29)(H,25,26,27);1H4/t16-;/m0./s1. The van der Waals surface area contributed by atoms with Crippen molar-refractivity contribution in [3.63, 3.8) is 0 Å². The lowest BCUT2D eigenvalue weighted by atomic mass is 10.1. The van der Waals surface area contributed by atoms with Crippen molar-refractivity contribution in [1.82, 2.24) is 20.5 Å². The number of benzene rings is 2. The lowest BCUT2D eigenvalue weighted by Gasteiger charge is -2.21. The molecule has 3 heterocycles. The Morgan fingerprint density at radius 3 is 2.91 bits per heavy atom. The molecule has 0 fully saturated rings. The maximum atomic E-state index is 13.0. The van der Waals surface area contributed by atoms with Crippen LogP contribution in [-0.2, 0) is 17.8 Å². The van der Waals surface area contributed by atoms with Gasteiger partial charge in [0.15, 0.2) is 0 Å². The highest BCUT2D eigenvalue weighted by Crippen LogP contribution is 2.37. The van der Waals surface area contributed by atoms with Crippen LogP contribution in [0.4, 0.5) is 5.69 Å². The number of nitrogens with one attached hydrogen (secondary N) is 2. The summed E-state index contributed by atoms with van der Waals surface area (Å²) >= 11 is 1.55. The molecule has 1 atom stereocenters. The Balaban J connectivity index is 0.00000245. The van der Waals surface area contributed by atoms with Crippen molar-refractivity contribution in [2.75, 3.05) is 17.7 Å². The van der Waals surface area contributed by atoms with E-state index in [1.807, 2.05) is 42.6 Å². The number of nitrogens with zero attached hydrogens (tertiary/aromatic N) is 4. The van der Waals surface area contributed by atoms with E-state index in [1.165, 1.54) is 0 Å². The van der Waals surface area contributed by atoms with E-state index < -0.39 is 11.9 Å². The summed E-state index contributed by atoms with van der Waals surface area (Å²) in [5.41, 5.74) is 4.09. The molecule has 2 aromatic carbocycles. The van der Waals surface area contributed by atoms with Gasteiger partial charge in [-0.25, -0.2) is 4.98 Å². The zero-order valence-electron chi connectivity index (χ0n) is 16.8. The molecule has 0 aliphatic carbocycles. The Hall–Kier alpha value is -3.46. The van der Waals surface area contributed by atoms with Crippen molar-refractivity contribution in [1.29, 1.82) is 0 Å². The van der Waals surface area contributed by atoms with Crippen molar-refractivity contribution >= 4 is 35.5 Å². The normalized spacial score (nSPS) is 16.7. The molecule has 5 rings (SSSR count). The van der Waals surface area contributed by atoms with Crippen LogP contribution in [0.3, 0.4) is 0 Å². The molecule has 0 saturated carbocycles. The van der Waals surface area contributed by atoms with Gasteiger partial charge in [-0.3, -0.25) is 19.7 Å². The zero-order valence-corrected chi connectivity index (χ0v) is 17.6. The van der Waals surface area contributed by atoms with Crippen LogP contribution >= 0.6 is 11.8 Å². The van der Waals surface area contributed by atoms with Crippen molar-refractivity contribution in [3.05, 3.63) is 70.8 Å². The third-order valence-electron chi connectivity index (χ3n) is 5.36. The molecule has 0 spiro atoms. The Morgan fingerprint density at radius 1 is 1.28 bits per heavy atom. The number of thioether (sulfide) groups is 1. The number of amides is 2. The number of hydrogen-bond donors (Lipinski definition) is 2. The number of likely N-dealkylation sites (N-methyl/N-ethyl adjacent to an activating group) is 1. The summed E-state index contributed by atoms with van der Waals surface area (Å²) in [6, 6.07) is 13.2. The SMILES string of the molecule is C.CN1C(=O)[C@@H](NC(=O)c2n[nH]c(Cc3ccccc3)n2)CSc2cc3c(cc21)C=NC3. The van der Waals surface area contributed by atoms with Gasteiger partial charge in [-0.05, 0) is 28.8 Å². The van der Waals surface area contributed by atoms with E-state index >= 15 is 0 Å². The van der Waals surface area contributed by atoms with Gasteiger partial charge in [0.2, 0.25) is 11.7 Å². The van der Waals surface area contributed by atoms with Gasteiger partial charge in [0.1, 0.15) is 11.9 Å². The number of anilines is 1. The number of hydrogen-bond acceptors (Lipinski definition) is 6. The van der Waals surface area contributed by atoms with Crippen LogP contribution in [0.25, 0.3) is 0 Å². The molecule has 9 heteroatoms. The van der Waals surface area contributed by atoms with Gasteiger partial charge in [0, 0.05) is 30.3 Å². The van der Waals surface area contributed by atoms with Crippen LogP contribution in [0.1, 0.15) is 40.6 Å². The van der Waals surface area contributed by atoms with E-state index in [2.05, 4.69) is 31.6 Å². The zero-order chi connectivity index (χ0) is 21.4. The highest BCUT2D eigenvalue weighted by molar-refractivity contribution is 7.99. The van der Waals surface area contributed by atoms with Crippen molar-refractivity contribution in [2.24, 2.45) is 4.99 Å². The first-order chi connectivity index (χ1) is 15.1. The average molecular weight is 449 g/mol. The monoisotopic (exact) mass is 448 g/mol. The highest BCUT2D eigenvalue weighted by atomic mass is 32.2. The quantitative estimate of drug-likeness (QED) is 0.639. The van der Waals surface area contributed by atoms with Gasteiger partial charge in [0.25, 0.3) is 5.91 Å². The summed E-state index contributed by atoms with van der Waals surface area (Å²) in [6.45, 7) is 0.664. The third kappa shape index (κ3) is 4.16. The molecule has 32 heavy (non-hydrogen) atoms. The average Bonchev–Trinajstić information content (AvgIpc) is 3.42. The molecule has 1 aromatic heterocycles. The minimum atomic E-state index is -0.672. The van der Waals surface area contributed by atoms with Crippen molar-refractivity contribution in [2.45, 2.75) is 31.3 Å². The molecule has 2 amide bonds. The van der Waals surface area contributed by atoms with Crippen LogP contribution in [0.2, 0.25) is 0 Å². The summed E-state index contributed by atoms with van der Waals surface area (Å²) < 4.78 is 0. The first-order valence-electron chi connectivity index (χ1n) is 9.91. The van der Waals surface area contributed by atoms with Crippen LogP contribution in [0.15, 0.2) is 52.4 Å². The fourth-order valence-electron chi connectivity index (χ4n) is 3.69. The van der Waals surface area contributed by atoms with E-state index in [1.54, 1.807) is 23.7 Å². The molecular weight excluding hydrogens is 424 g/mol. The van der Waals surface area contributed by atoms with Gasteiger partial charge in [0.05, 0.1) is 12.2 Å². The number of fused-ring (bicyclic) bond motifs is 2. The lowest BCUT2D eigenvalue weighted by molar-refractivity contribution is -0.119. The lowest BCUT2D eigenvalue weighted by Crippen LogP contribution is -2.48. The molecule has 0 unspecified atom stereocenters. The summed E-state index contributed by atoms with van der Waals surface area (Å²) in [7, 11) is 1.73. The molecule has 3 aromatic rings. The van der Waals surface area contributed by atoms with E-state index in [9.17, 15) is 9.59 Å². The molecule has 0 radical (unpaired) electrons. The second kappa shape index (κ2) is 8.96. The van der Waals surface area contributed by atoms with Crippen molar-refractivity contribution < 1.29 is 9.59 Å². The molecule has 2 N–H and O–H groups in total. The van der Waals surface area contributed by atoms with Crippen LogP contribution < -0.4 is 10.2 Å². The van der Waals surface area contributed by atoms with Gasteiger partial charge >= 0.3 is 0 Å². The summed E-state index contributed by atoms with van der Waals surface area (Å²) in [5.74, 6) is 0.419. The van der Waals surface area contributed by atoms with Gasteiger partial charge in [-0.1, -0.05) is 37.8 Å². The number of aliphatic imine (C=N–C) groups is 1. The highest BCUT2D eigenvalue weighted by Gasteiger charge is 2.31. The number of rotatable bonds is 4. The number of aromatic nitrogens is 3. The molecule has 0 bridgehead atoms. The Bertz CT molecular complexity index is 1190. The molecular formula is C23H24N6O2S. The van der Waals surface area contributed by atoms with Gasteiger partial charge < -0.3 is 10.2 Å². The second-order valence-corrected chi connectivity index (χ2v) is 8.55. The van der Waals surface area contributed by atoms with E-state index in [4.69, 9.17) is 0 Å². The third-order valence-corrected chi connectivity index (χ3v) is 6.50. The van der Waals surface area contributed by atoms with Crippen LogP contribution in [0.5, 0.6) is 0 Å². The fourth-order valence-corrected chi connectivity index (χ4v) is 4.83. The molecule has 2 aliphatic rings. The predicted molar refractivity (Wildman–Crippen MR) is 125 cm³/mol. The van der Waals surface area contributed by atoms with Crippen molar-refractivity contribution in [3.8, 4) is 0 Å². The number of aromatic amines is 1. The Kier molecular flexibility index (Phi) is 6.09. The number of H-pyrrole nitrogens is 1. The molecule has 164 valence electrons. The summed E-state index contributed by atoms with van der Waals surface area (Å²) in [6.07, 6.45) is 2.38. The molecule has 8 nitrogen and oxygen atoms in total. The predicted octanol–water partition coefficient (Wildman–Crippen LogP) is 2.83. The second-order valence-electron chi connectivity index (χ2n) is 7.49. The summed E-state index contributed by atoms with van der Waals surface area (Å²) in [5, 5.41) is 9.64. The van der Waals surface area contributed by atoms with E-state index in [0.29, 0.717) is 24.5 Å². The first-order valence-corrected chi connectivity index (χ1v) is 10.9. The topological polar surface area (TPSA) is 103 Å². The van der Waals surface area contributed by atoms with E-state index in [0.717, 1.165) is 27.3 Å². The van der Waals surface area contributed by atoms with Gasteiger partial charge in [-0.2, -0.15) is 0 Å². The smallest absolute Gasteiger partial charge is 0.291 e. The van der Waals surface area contributed by atoms with Gasteiger partial charge in [-0.15, -0.1) is 16.9 Å². The summed E-state index contributed by atoms with van der Waals surface area (Å²) in [4.78, 5) is 37.0. The fraction of sp³-hybridized carbons (Fsp3) is 0.261.